The molecule has 2 heterocycles. The molecule has 8 heteroatoms. The first-order valence-electron chi connectivity index (χ1n) is 4.05. The number of aromatic nitrogens is 3. The zero-order chi connectivity index (χ0) is 11.9. The predicted octanol–water partition coefficient (Wildman–Crippen LogP) is 1.45. The summed E-state index contributed by atoms with van der Waals surface area (Å²) in [5, 5.41) is 11.9. The smallest absolute Gasteiger partial charge is 0.422 e. The Morgan fingerprint density at radius 2 is 2.12 bits per heavy atom. The lowest BCUT2D eigenvalue weighted by molar-refractivity contribution is -0.137. The van der Waals surface area contributed by atoms with Gasteiger partial charge in [-0.1, -0.05) is 0 Å². The molecule has 0 fully saturated rings. The maximum Gasteiger partial charge on any atom is 0.422 e. The highest BCUT2D eigenvalue weighted by atomic mass is 19.4. The van der Waals surface area contributed by atoms with Crippen LogP contribution in [-0.2, 0) is 6.18 Å². The zero-order valence-corrected chi connectivity index (χ0v) is 7.56. The third kappa shape index (κ3) is 1.47. The third-order valence-electron chi connectivity index (χ3n) is 1.88. The second-order valence-electron chi connectivity index (χ2n) is 2.91. The van der Waals surface area contributed by atoms with Gasteiger partial charge in [-0.2, -0.15) is 18.3 Å². The summed E-state index contributed by atoms with van der Waals surface area (Å²) in [5.41, 5.74) is -2.90. The van der Waals surface area contributed by atoms with Gasteiger partial charge >= 0.3 is 12.1 Å². The standard InChI is InChI=1S/C8H4F3N3O2/c9-8(10,11)4-5(7(15)16)13-14-3-1-2-12-6(4)14/h1-3H,(H,15,16). The van der Waals surface area contributed by atoms with Crippen LogP contribution in [0.4, 0.5) is 13.2 Å². The SMILES string of the molecule is O=C(O)c1nn2cccnc2c1C(F)(F)F. The topological polar surface area (TPSA) is 67.5 Å². The third-order valence-corrected chi connectivity index (χ3v) is 1.88. The van der Waals surface area contributed by atoms with E-state index in [0.29, 0.717) is 0 Å². The van der Waals surface area contributed by atoms with E-state index in [0.717, 1.165) is 10.7 Å². The minimum absolute atomic E-state index is 0.521. The number of aromatic carboxylic acids is 1. The van der Waals surface area contributed by atoms with Gasteiger partial charge in [0.2, 0.25) is 0 Å². The maximum absolute atomic E-state index is 12.6. The van der Waals surface area contributed by atoms with Crippen LogP contribution in [0.25, 0.3) is 5.65 Å². The number of hydrogen-bond acceptors (Lipinski definition) is 3. The number of nitrogens with zero attached hydrogens (tertiary/aromatic N) is 3. The molecule has 0 aliphatic heterocycles. The Kier molecular flexibility index (Phi) is 2.07. The molecule has 84 valence electrons. The molecule has 0 saturated heterocycles. The van der Waals surface area contributed by atoms with Gasteiger partial charge in [0.1, 0.15) is 5.56 Å². The Morgan fingerprint density at radius 3 is 2.69 bits per heavy atom. The van der Waals surface area contributed by atoms with Crippen molar-refractivity contribution in [1.29, 1.82) is 0 Å². The molecule has 5 nitrogen and oxygen atoms in total. The van der Waals surface area contributed by atoms with E-state index in [-0.39, 0.29) is 0 Å². The summed E-state index contributed by atoms with van der Waals surface area (Å²) in [6.07, 6.45) is -2.47. The van der Waals surface area contributed by atoms with Gasteiger partial charge in [-0.25, -0.2) is 14.3 Å². The van der Waals surface area contributed by atoms with Crippen LogP contribution in [0, 0.1) is 0 Å². The number of halogens is 3. The van der Waals surface area contributed by atoms with Crippen LogP contribution in [0.2, 0.25) is 0 Å². The molecule has 0 amide bonds. The van der Waals surface area contributed by atoms with E-state index in [1.165, 1.54) is 12.3 Å². The minimum Gasteiger partial charge on any atom is -0.476 e. The first kappa shape index (κ1) is 10.4. The minimum atomic E-state index is -4.80. The van der Waals surface area contributed by atoms with Crippen molar-refractivity contribution in [3.05, 3.63) is 29.7 Å². The number of alkyl halides is 3. The highest BCUT2D eigenvalue weighted by molar-refractivity contribution is 5.89. The van der Waals surface area contributed by atoms with Crippen molar-refractivity contribution in [1.82, 2.24) is 14.6 Å². The fourth-order valence-electron chi connectivity index (χ4n) is 1.30. The van der Waals surface area contributed by atoms with Crippen molar-refractivity contribution in [3.63, 3.8) is 0 Å². The summed E-state index contributed by atoms with van der Waals surface area (Å²) in [5.74, 6) is -1.74. The van der Waals surface area contributed by atoms with E-state index < -0.39 is 29.1 Å². The fourth-order valence-corrected chi connectivity index (χ4v) is 1.30. The Balaban J connectivity index is 2.85. The van der Waals surface area contributed by atoms with Gasteiger partial charge in [0.05, 0.1) is 0 Å². The lowest BCUT2D eigenvalue weighted by atomic mass is 10.2. The molecule has 0 spiro atoms. The van der Waals surface area contributed by atoms with Gasteiger partial charge in [0.15, 0.2) is 11.3 Å². The van der Waals surface area contributed by atoms with Crippen molar-refractivity contribution in [3.8, 4) is 0 Å². The van der Waals surface area contributed by atoms with E-state index in [1.807, 2.05) is 0 Å². The Morgan fingerprint density at radius 1 is 1.44 bits per heavy atom. The molecule has 2 aromatic heterocycles. The van der Waals surface area contributed by atoms with Crippen molar-refractivity contribution in [2.24, 2.45) is 0 Å². The first-order chi connectivity index (χ1) is 7.41. The number of carboxylic acids is 1. The number of carbonyl (C=O) groups is 1. The molecule has 0 radical (unpaired) electrons. The van der Waals surface area contributed by atoms with Crippen molar-refractivity contribution >= 4 is 11.6 Å². The average Bonchev–Trinajstić information content (AvgIpc) is 2.55. The molecule has 0 bridgehead atoms. The molecular weight excluding hydrogens is 227 g/mol. The van der Waals surface area contributed by atoms with Crippen molar-refractivity contribution in [2.45, 2.75) is 6.18 Å². The second kappa shape index (κ2) is 3.19. The molecule has 0 unspecified atom stereocenters. The largest absolute Gasteiger partial charge is 0.476 e. The Bertz CT molecular complexity index is 561. The highest BCUT2D eigenvalue weighted by Crippen LogP contribution is 2.34. The van der Waals surface area contributed by atoms with Crippen LogP contribution < -0.4 is 0 Å². The summed E-state index contributed by atoms with van der Waals surface area (Å²) >= 11 is 0. The summed E-state index contributed by atoms with van der Waals surface area (Å²) in [7, 11) is 0. The summed E-state index contributed by atoms with van der Waals surface area (Å²) in [6, 6.07) is 1.35. The van der Waals surface area contributed by atoms with Crippen LogP contribution in [0.1, 0.15) is 16.1 Å². The molecule has 0 aliphatic carbocycles. The van der Waals surface area contributed by atoms with E-state index in [4.69, 9.17) is 5.11 Å². The molecule has 0 aliphatic rings. The molecule has 0 saturated carbocycles. The van der Waals surface area contributed by atoms with Crippen molar-refractivity contribution in [2.75, 3.05) is 0 Å². The normalized spacial score (nSPS) is 11.9. The summed E-state index contributed by atoms with van der Waals surface area (Å²) in [6.45, 7) is 0. The molecule has 16 heavy (non-hydrogen) atoms. The molecule has 0 aromatic carbocycles. The monoisotopic (exact) mass is 231 g/mol. The number of hydrogen-bond donors (Lipinski definition) is 1. The quantitative estimate of drug-likeness (QED) is 0.806. The van der Waals surface area contributed by atoms with Gasteiger partial charge in [-0.05, 0) is 6.07 Å². The van der Waals surface area contributed by atoms with Crippen LogP contribution in [0.15, 0.2) is 18.5 Å². The average molecular weight is 231 g/mol. The van der Waals surface area contributed by atoms with E-state index in [2.05, 4.69) is 10.1 Å². The van der Waals surface area contributed by atoms with Crippen LogP contribution >= 0.6 is 0 Å². The highest BCUT2D eigenvalue weighted by Gasteiger charge is 2.41. The van der Waals surface area contributed by atoms with Crippen LogP contribution in [-0.4, -0.2) is 25.7 Å². The van der Waals surface area contributed by atoms with Gasteiger partial charge in [-0.3, -0.25) is 0 Å². The number of carboxylic acid groups (broad SMARTS) is 1. The lowest BCUT2D eigenvalue weighted by Crippen LogP contribution is -2.11. The second-order valence-corrected chi connectivity index (χ2v) is 2.91. The van der Waals surface area contributed by atoms with Gasteiger partial charge in [-0.15, -0.1) is 0 Å². The molecule has 2 rings (SSSR count). The van der Waals surface area contributed by atoms with Gasteiger partial charge in [0.25, 0.3) is 0 Å². The van der Waals surface area contributed by atoms with E-state index in [9.17, 15) is 18.0 Å². The molecule has 2 aromatic rings. The van der Waals surface area contributed by atoms with E-state index in [1.54, 1.807) is 0 Å². The lowest BCUT2D eigenvalue weighted by Gasteiger charge is -2.03. The fraction of sp³-hybridized carbons (Fsp3) is 0.125. The van der Waals surface area contributed by atoms with Gasteiger partial charge in [0, 0.05) is 12.4 Å². The maximum atomic E-state index is 12.6. The predicted molar refractivity (Wildman–Crippen MR) is 44.9 cm³/mol. The Labute approximate surface area is 86.1 Å². The van der Waals surface area contributed by atoms with E-state index >= 15 is 0 Å². The van der Waals surface area contributed by atoms with Gasteiger partial charge < -0.3 is 5.11 Å². The number of rotatable bonds is 1. The van der Waals surface area contributed by atoms with Crippen molar-refractivity contribution < 1.29 is 23.1 Å². The first-order valence-corrected chi connectivity index (χ1v) is 4.05. The summed E-state index contributed by atoms with van der Waals surface area (Å²) in [4.78, 5) is 14.1. The molecular formula is C8H4F3N3O2. The van der Waals surface area contributed by atoms with Crippen LogP contribution in [0.3, 0.4) is 0 Å². The number of fused-ring (bicyclic) bond motifs is 1. The molecule has 0 atom stereocenters. The zero-order valence-electron chi connectivity index (χ0n) is 7.56. The molecule has 1 N–H and O–H groups in total. The summed E-state index contributed by atoms with van der Waals surface area (Å²) < 4.78 is 38.6. The Hall–Kier alpha value is -2.12. The van der Waals surface area contributed by atoms with Crippen LogP contribution in [0.5, 0.6) is 0 Å².